The molecule has 0 bridgehead atoms. The lowest BCUT2D eigenvalue weighted by Gasteiger charge is -1.98. The third-order valence-electron chi connectivity index (χ3n) is 2.11. The van der Waals surface area contributed by atoms with E-state index in [0.717, 1.165) is 12.0 Å². The molecule has 2 heterocycles. The zero-order valence-electron chi connectivity index (χ0n) is 8.73. The normalized spacial score (nSPS) is 10.3. The topological polar surface area (TPSA) is 35.0 Å². The van der Waals surface area contributed by atoms with Crippen LogP contribution in [0.5, 0.6) is 6.01 Å². The van der Waals surface area contributed by atoms with Crippen molar-refractivity contribution < 1.29 is 4.74 Å². The molecule has 0 atom stereocenters. The van der Waals surface area contributed by atoms with Crippen LogP contribution in [0.15, 0.2) is 24.5 Å². The minimum Gasteiger partial charge on any atom is -0.467 e. The van der Waals surface area contributed by atoms with E-state index in [4.69, 9.17) is 4.74 Å². The molecule has 0 radical (unpaired) electrons. The summed E-state index contributed by atoms with van der Waals surface area (Å²) in [5.74, 6) is 0. The third-order valence-corrected chi connectivity index (χ3v) is 3.38. The van der Waals surface area contributed by atoms with Gasteiger partial charge in [-0.05, 0) is 18.6 Å². The Morgan fingerprint density at radius 1 is 1.27 bits per heavy atom. The second kappa shape index (κ2) is 4.40. The minimum atomic E-state index is 0.408. The van der Waals surface area contributed by atoms with E-state index in [-0.39, 0.29) is 0 Å². The smallest absolute Gasteiger partial charge is 0.316 e. The average molecular weight is 220 g/mol. The molecule has 0 spiro atoms. The quantitative estimate of drug-likeness (QED) is 0.797. The maximum Gasteiger partial charge on any atom is 0.316 e. The number of hydrogen-bond donors (Lipinski definition) is 0. The lowest BCUT2D eigenvalue weighted by molar-refractivity contribution is 0.380. The van der Waals surface area contributed by atoms with Crippen LogP contribution in [0.25, 0.3) is 10.4 Å². The number of aryl methyl sites for hydroxylation is 1. The van der Waals surface area contributed by atoms with Crippen molar-refractivity contribution in [3.05, 3.63) is 29.4 Å². The van der Waals surface area contributed by atoms with Gasteiger partial charge in [-0.2, -0.15) is 0 Å². The molecule has 0 saturated heterocycles. The molecular formula is C11H12N2OS. The van der Waals surface area contributed by atoms with Crippen molar-refractivity contribution in [3.8, 4) is 16.5 Å². The van der Waals surface area contributed by atoms with Crippen LogP contribution in [0.1, 0.15) is 11.8 Å². The summed E-state index contributed by atoms with van der Waals surface area (Å²) in [4.78, 5) is 10.7. The summed E-state index contributed by atoms with van der Waals surface area (Å²) in [6, 6.07) is 4.66. The van der Waals surface area contributed by atoms with Gasteiger partial charge in [-0.25, -0.2) is 9.97 Å². The fourth-order valence-corrected chi connectivity index (χ4v) is 2.19. The van der Waals surface area contributed by atoms with Crippen molar-refractivity contribution in [2.75, 3.05) is 7.11 Å². The summed E-state index contributed by atoms with van der Waals surface area (Å²) in [6.07, 6.45) is 4.65. The van der Waals surface area contributed by atoms with Crippen molar-refractivity contribution in [2.45, 2.75) is 13.3 Å². The lowest BCUT2D eigenvalue weighted by atomic mass is 10.3. The predicted molar refractivity (Wildman–Crippen MR) is 61.3 cm³/mol. The Morgan fingerprint density at radius 3 is 2.53 bits per heavy atom. The molecule has 2 aromatic rings. The van der Waals surface area contributed by atoms with Crippen molar-refractivity contribution >= 4 is 11.3 Å². The Bertz CT molecular complexity index is 436. The highest BCUT2D eigenvalue weighted by atomic mass is 32.1. The van der Waals surface area contributed by atoms with E-state index in [0.29, 0.717) is 6.01 Å². The van der Waals surface area contributed by atoms with Crippen LogP contribution in [0, 0.1) is 0 Å². The van der Waals surface area contributed by atoms with E-state index in [2.05, 4.69) is 29.0 Å². The monoisotopic (exact) mass is 220 g/mol. The minimum absolute atomic E-state index is 0.408. The number of aromatic nitrogens is 2. The highest BCUT2D eigenvalue weighted by Crippen LogP contribution is 2.27. The molecule has 0 aliphatic rings. The van der Waals surface area contributed by atoms with Crippen LogP contribution < -0.4 is 4.74 Å². The molecule has 0 saturated carbocycles. The van der Waals surface area contributed by atoms with Crippen LogP contribution in [-0.4, -0.2) is 17.1 Å². The standard InChI is InChI=1S/C11H12N2OS/c1-3-9-4-5-10(15-9)8-6-12-11(14-2)13-7-8/h4-7H,3H2,1-2H3. The average Bonchev–Trinajstić information content (AvgIpc) is 2.78. The maximum absolute atomic E-state index is 4.91. The van der Waals surface area contributed by atoms with Gasteiger partial charge in [0.2, 0.25) is 0 Å². The zero-order valence-corrected chi connectivity index (χ0v) is 9.54. The summed E-state index contributed by atoms with van der Waals surface area (Å²) in [5.41, 5.74) is 1.04. The molecule has 0 fully saturated rings. The molecule has 2 aromatic heterocycles. The van der Waals surface area contributed by atoms with Gasteiger partial charge in [0.15, 0.2) is 0 Å². The highest BCUT2D eigenvalue weighted by molar-refractivity contribution is 7.15. The largest absolute Gasteiger partial charge is 0.467 e. The SMILES string of the molecule is CCc1ccc(-c2cnc(OC)nc2)s1. The Morgan fingerprint density at radius 2 is 2.00 bits per heavy atom. The van der Waals surface area contributed by atoms with Gasteiger partial charge in [0.05, 0.1) is 7.11 Å². The van der Waals surface area contributed by atoms with Gasteiger partial charge < -0.3 is 4.74 Å². The number of hydrogen-bond acceptors (Lipinski definition) is 4. The van der Waals surface area contributed by atoms with Crippen molar-refractivity contribution in [2.24, 2.45) is 0 Å². The van der Waals surface area contributed by atoms with Gasteiger partial charge in [0.1, 0.15) is 0 Å². The molecule has 4 heteroatoms. The number of ether oxygens (including phenoxy) is 1. The number of thiophene rings is 1. The molecule has 0 unspecified atom stereocenters. The van der Waals surface area contributed by atoms with Crippen molar-refractivity contribution in [1.29, 1.82) is 0 Å². The molecule has 0 N–H and O–H groups in total. The fourth-order valence-electron chi connectivity index (χ4n) is 1.27. The van der Waals surface area contributed by atoms with Gasteiger partial charge in [0.25, 0.3) is 0 Å². The second-order valence-electron chi connectivity index (χ2n) is 3.08. The Labute approximate surface area is 92.8 Å². The molecule has 3 nitrogen and oxygen atoms in total. The number of rotatable bonds is 3. The lowest BCUT2D eigenvalue weighted by Crippen LogP contribution is -1.90. The van der Waals surface area contributed by atoms with Gasteiger partial charge in [-0.15, -0.1) is 11.3 Å². The summed E-state index contributed by atoms with van der Waals surface area (Å²) in [7, 11) is 1.56. The van der Waals surface area contributed by atoms with Crippen LogP contribution in [0.4, 0.5) is 0 Å². The van der Waals surface area contributed by atoms with Gasteiger partial charge in [-0.1, -0.05) is 6.92 Å². The molecular weight excluding hydrogens is 208 g/mol. The van der Waals surface area contributed by atoms with E-state index in [1.54, 1.807) is 30.8 Å². The molecule has 2 rings (SSSR count). The van der Waals surface area contributed by atoms with E-state index >= 15 is 0 Å². The highest BCUT2D eigenvalue weighted by Gasteiger charge is 2.03. The van der Waals surface area contributed by atoms with Crippen LogP contribution in [0.2, 0.25) is 0 Å². The molecule has 15 heavy (non-hydrogen) atoms. The fraction of sp³-hybridized carbons (Fsp3) is 0.273. The molecule has 0 amide bonds. The predicted octanol–water partition coefficient (Wildman–Crippen LogP) is 2.78. The first-order chi connectivity index (χ1) is 7.33. The van der Waals surface area contributed by atoms with Crippen LogP contribution in [0.3, 0.4) is 0 Å². The molecule has 78 valence electrons. The second-order valence-corrected chi connectivity index (χ2v) is 4.25. The number of nitrogens with zero attached hydrogens (tertiary/aromatic N) is 2. The zero-order chi connectivity index (χ0) is 10.7. The molecule has 0 aliphatic heterocycles. The third kappa shape index (κ3) is 2.15. The van der Waals surface area contributed by atoms with E-state index in [1.165, 1.54) is 9.75 Å². The van der Waals surface area contributed by atoms with Crippen molar-refractivity contribution in [3.63, 3.8) is 0 Å². The Balaban J connectivity index is 2.28. The first-order valence-corrected chi connectivity index (χ1v) is 5.60. The van der Waals surface area contributed by atoms with Gasteiger partial charge in [0, 0.05) is 27.7 Å². The first-order valence-electron chi connectivity index (χ1n) is 4.78. The first kappa shape index (κ1) is 10.1. The molecule has 0 aliphatic carbocycles. The number of methoxy groups -OCH3 is 1. The summed E-state index contributed by atoms with van der Waals surface area (Å²) < 4.78 is 4.91. The summed E-state index contributed by atoms with van der Waals surface area (Å²) in [5, 5.41) is 0. The Kier molecular flexibility index (Phi) is 2.97. The summed E-state index contributed by atoms with van der Waals surface area (Å²) >= 11 is 1.78. The van der Waals surface area contributed by atoms with Gasteiger partial charge >= 0.3 is 6.01 Å². The van der Waals surface area contributed by atoms with Crippen LogP contribution in [-0.2, 0) is 6.42 Å². The van der Waals surface area contributed by atoms with Crippen molar-refractivity contribution in [1.82, 2.24) is 9.97 Å². The van der Waals surface area contributed by atoms with E-state index in [1.807, 2.05) is 0 Å². The van der Waals surface area contributed by atoms with E-state index < -0.39 is 0 Å². The summed E-state index contributed by atoms with van der Waals surface area (Å²) in [6.45, 7) is 2.15. The maximum atomic E-state index is 4.91. The van der Waals surface area contributed by atoms with E-state index in [9.17, 15) is 0 Å². The van der Waals surface area contributed by atoms with Crippen LogP contribution >= 0.6 is 11.3 Å². The Hall–Kier alpha value is -1.42. The van der Waals surface area contributed by atoms with Gasteiger partial charge in [-0.3, -0.25) is 0 Å². The molecule has 0 aromatic carbocycles.